The summed E-state index contributed by atoms with van der Waals surface area (Å²) in [5, 5.41) is 13.4. The van der Waals surface area contributed by atoms with E-state index >= 15 is 0 Å². The molecule has 1 aliphatic heterocycles. The van der Waals surface area contributed by atoms with Gasteiger partial charge in [0.15, 0.2) is 0 Å². The Morgan fingerprint density at radius 3 is 2.58 bits per heavy atom. The molecular formula is C16H18N4O3S. The first-order valence-electron chi connectivity index (χ1n) is 7.73. The van der Waals surface area contributed by atoms with Crippen molar-refractivity contribution in [3.05, 3.63) is 39.8 Å². The maximum Gasteiger partial charge on any atom is 0.286 e. The van der Waals surface area contributed by atoms with Gasteiger partial charge in [0.1, 0.15) is 0 Å². The first-order chi connectivity index (χ1) is 11.6. The highest BCUT2D eigenvalue weighted by Gasteiger charge is 2.20. The fourth-order valence-electron chi connectivity index (χ4n) is 2.32. The number of amides is 2. The van der Waals surface area contributed by atoms with Gasteiger partial charge in [-0.1, -0.05) is 29.0 Å². The molecule has 2 N–H and O–H groups in total. The molecule has 0 bridgehead atoms. The number of benzene rings is 1. The van der Waals surface area contributed by atoms with Crippen LogP contribution in [-0.4, -0.2) is 41.3 Å². The van der Waals surface area contributed by atoms with E-state index in [1.165, 1.54) is 0 Å². The van der Waals surface area contributed by atoms with Crippen molar-refractivity contribution in [2.75, 3.05) is 18.5 Å². The summed E-state index contributed by atoms with van der Waals surface area (Å²) in [5.41, 5.74) is 1.78. The number of carbonyl (C=O) groups is 2. The van der Waals surface area contributed by atoms with Crippen LogP contribution in [-0.2, 0) is 4.74 Å². The van der Waals surface area contributed by atoms with Gasteiger partial charge in [0.25, 0.3) is 11.8 Å². The van der Waals surface area contributed by atoms with Crippen molar-refractivity contribution in [3.8, 4) is 0 Å². The Bertz CT molecular complexity index is 723. The van der Waals surface area contributed by atoms with Crippen LogP contribution in [0.2, 0.25) is 0 Å². The van der Waals surface area contributed by atoms with Crippen LogP contribution in [0.15, 0.2) is 24.3 Å². The van der Waals surface area contributed by atoms with E-state index in [2.05, 4.69) is 20.8 Å². The third-order valence-electron chi connectivity index (χ3n) is 3.64. The minimum absolute atomic E-state index is 0.0613. The molecular weight excluding hydrogens is 328 g/mol. The molecule has 1 aromatic heterocycles. The largest absolute Gasteiger partial charge is 0.376 e. The molecule has 0 spiro atoms. The summed E-state index contributed by atoms with van der Waals surface area (Å²) in [6.07, 6.45) is 2.02. The summed E-state index contributed by atoms with van der Waals surface area (Å²) in [5.74, 6) is -0.716. The Morgan fingerprint density at radius 1 is 1.21 bits per heavy atom. The van der Waals surface area contributed by atoms with Crippen molar-refractivity contribution >= 4 is 28.8 Å². The Hall–Kier alpha value is -2.32. The quantitative estimate of drug-likeness (QED) is 0.864. The minimum Gasteiger partial charge on any atom is -0.376 e. The molecule has 0 radical (unpaired) electrons. The lowest BCUT2D eigenvalue weighted by molar-refractivity contribution is 0.0856. The predicted octanol–water partition coefficient (Wildman–Crippen LogP) is 2.01. The van der Waals surface area contributed by atoms with Crippen LogP contribution in [0.4, 0.5) is 5.69 Å². The number of hydrogen-bond donors (Lipinski definition) is 2. The number of hydrogen-bond acceptors (Lipinski definition) is 6. The lowest BCUT2D eigenvalue weighted by Crippen LogP contribution is -2.31. The summed E-state index contributed by atoms with van der Waals surface area (Å²) in [6.45, 7) is 3.16. The van der Waals surface area contributed by atoms with Gasteiger partial charge >= 0.3 is 0 Å². The van der Waals surface area contributed by atoms with Crippen molar-refractivity contribution in [1.29, 1.82) is 0 Å². The highest BCUT2D eigenvalue weighted by atomic mass is 32.1. The number of carbonyl (C=O) groups excluding carboxylic acids is 2. The second-order valence-electron chi connectivity index (χ2n) is 5.58. The average molecular weight is 346 g/mol. The first kappa shape index (κ1) is 16.5. The van der Waals surface area contributed by atoms with E-state index in [0.29, 0.717) is 12.2 Å². The molecule has 2 aromatic rings. The summed E-state index contributed by atoms with van der Waals surface area (Å²) in [6, 6.07) is 7.42. The molecule has 0 unspecified atom stereocenters. The highest BCUT2D eigenvalue weighted by molar-refractivity contribution is 7.15. The van der Waals surface area contributed by atoms with Gasteiger partial charge in [-0.2, -0.15) is 0 Å². The predicted molar refractivity (Wildman–Crippen MR) is 90.3 cm³/mol. The Morgan fingerprint density at radius 2 is 1.92 bits per heavy atom. The van der Waals surface area contributed by atoms with Crippen LogP contribution in [0, 0.1) is 6.92 Å². The SMILES string of the molecule is Cc1ccc(NC(=O)c2nnc(C(=O)NC[C@H]3CCCO3)s2)cc1. The van der Waals surface area contributed by atoms with Crippen molar-refractivity contribution in [3.63, 3.8) is 0 Å². The number of nitrogens with zero attached hydrogens (tertiary/aromatic N) is 2. The third-order valence-corrected chi connectivity index (χ3v) is 4.56. The lowest BCUT2D eigenvalue weighted by Gasteiger charge is -2.08. The molecule has 3 rings (SSSR count). The molecule has 7 nitrogen and oxygen atoms in total. The molecule has 1 aliphatic rings. The van der Waals surface area contributed by atoms with Crippen LogP contribution >= 0.6 is 11.3 Å². The normalized spacial score (nSPS) is 16.8. The molecule has 1 aromatic carbocycles. The zero-order chi connectivity index (χ0) is 16.9. The van der Waals surface area contributed by atoms with E-state index in [-0.39, 0.29) is 27.9 Å². The van der Waals surface area contributed by atoms with Gasteiger partial charge in [0.05, 0.1) is 6.10 Å². The van der Waals surface area contributed by atoms with Gasteiger partial charge in [-0.15, -0.1) is 10.2 Å². The Labute approximate surface area is 143 Å². The standard InChI is InChI=1S/C16H18N4O3S/c1-10-4-6-11(7-5-10)18-14(22)16-20-19-15(24-16)13(21)17-9-12-3-2-8-23-12/h4-7,12H,2-3,8-9H2,1H3,(H,17,21)(H,18,22)/t12-/m1/s1. The maximum atomic E-state index is 12.1. The fraction of sp³-hybridized carbons (Fsp3) is 0.375. The maximum absolute atomic E-state index is 12.1. The lowest BCUT2D eigenvalue weighted by atomic mass is 10.2. The van der Waals surface area contributed by atoms with Gasteiger partial charge in [-0.3, -0.25) is 9.59 Å². The molecule has 0 aliphatic carbocycles. The van der Waals surface area contributed by atoms with Gasteiger partial charge in [-0.25, -0.2) is 0 Å². The van der Waals surface area contributed by atoms with Crippen molar-refractivity contribution in [2.45, 2.75) is 25.9 Å². The highest BCUT2D eigenvalue weighted by Crippen LogP contribution is 2.15. The van der Waals surface area contributed by atoms with Gasteiger partial charge < -0.3 is 15.4 Å². The van der Waals surface area contributed by atoms with Crippen LogP contribution in [0.3, 0.4) is 0 Å². The Balaban J connectivity index is 1.56. The minimum atomic E-state index is -0.380. The van der Waals surface area contributed by atoms with Crippen molar-refractivity contribution < 1.29 is 14.3 Å². The van der Waals surface area contributed by atoms with Crippen molar-refractivity contribution in [2.24, 2.45) is 0 Å². The van der Waals surface area contributed by atoms with Crippen molar-refractivity contribution in [1.82, 2.24) is 15.5 Å². The molecule has 2 heterocycles. The zero-order valence-corrected chi connectivity index (χ0v) is 14.1. The summed E-state index contributed by atoms with van der Waals surface area (Å²) < 4.78 is 5.45. The zero-order valence-electron chi connectivity index (χ0n) is 13.2. The van der Waals surface area contributed by atoms with E-state index < -0.39 is 0 Å². The van der Waals surface area contributed by atoms with E-state index in [4.69, 9.17) is 4.74 Å². The molecule has 126 valence electrons. The van der Waals surface area contributed by atoms with E-state index in [0.717, 1.165) is 36.3 Å². The number of nitrogens with one attached hydrogen (secondary N) is 2. The van der Waals surface area contributed by atoms with Crippen LogP contribution in [0.1, 0.15) is 38.0 Å². The molecule has 24 heavy (non-hydrogen) atoms. The molecule has 8 heteroatoms. The van der Waals surface area contributed by atoms with E-state index in [1.54, 1.807) is 0 Å². The van der Waals surface area contributed by atoms with E-state index in [1.807, 2.05) is 31.2 Å². The number of aryl methyl sites for hydroxylation is 1. The third kappa shape index (κ3) is 4.15. The fourth-order valence-corrected chi connectivity index (χ4v) is 2.97. The molecule has 1 fully saturated rings. The Kier molecular flexibility index (Phi) is 5.17. The van der Waals surface area contributed by atoms with Crippen LogP contribution in [0.25, 0.3) is 0 Å². The van der Waals surface area contributed by atoms with Gasteiger partial charge in [-0.05, 0) is 31.9 Å². The smallest absolute Gasteiger partial charge is 0.286 e. The summed E-state index contributed by atoms with van der Waals surface area (Å²) >= 11 is 0.967. The van der Waals surface area contributed by atoms with Crippen LogP contribution < -0.4 is 10.6 Å². The van der Waals surface area contributed by atoms with Crippen LogP contribution in [0.5, 0.6) is 0 Å². The first-order valence-corrected chi connectivity index (χ1v) is 8.55. The summed E-state index contributed by atoms with van der Waals surface area (Å²) in [4.78, 5) is 24.2. The van der Waals surface area contributed by atoms with Gasteiger partial charge in [0.2, 0.25) is 10.0 Å². The number of anilines is 1. The monoisotopic (exact) mass is 346 g/mol. The average Bonchev–Trinajstić information content (AvgIpc) is 3.26. The second kappa shape index (κ2) is 7.50. The van der Waals surface area contributed by atoms with Gasteiger partial charge in [0, 0.05) is 18.8 Å². The van der Waals surface area contributed by atoms with E-state index in [9.17, 15) is 9.59 Å². The molecule has 0 saturated carbocycles. The number of aromatic nitrogens is 2. The number of rotatable bonds is 5. The number of ether oxygens (including phenoxy) is 1. The molecule has 1 atom stereocenters. The second-order valence-corrected chi connectivity index (χ2v) is 6.56. The summed E-state index contributed by atoms with van der Waals surface area (Å²) in [7, 11) is 0. The molecule has 1 saturated heterocycles. The topological polar surface area (TPSA) is 93.2 Å². The molecule has 2 amide bonds.